The lowest BCUT2D eigenvalue weighted by molar-refractivity contribution is -0.177. The van der Waals surface area contributed by atoms with E-state index in [4.69, 9.17) is 28.1 Å². The first kappa shape index (κ1) is 36.0. The fourth-order valence-electron chi connectivity index (χ4n) is 3.55. The summed E-state index contributed by atoms with van der Waals surface area (Å²) in [5.74, 6) is -0.488. The Bertz CT molecular complexity index is 1170. The van der Waals surface area contributed by atoms with Crippen molar-refractivity contribution < 1.29 is 47.0 Å². The second kappa shape index (κ2) is 16.6. The first-order valence-corrected chi connectivity index (χ1v) is 15.5. The summed E-state index contributed by atoms with van der Waals surface area (Å²) in [5, 5.41) is 1.11. The molecule has 2 aromatic rings. The van der Waals surface area contributed by atoms with E-state index < -0.39 is 49.6 Å². The van der Waals surface area contributed by atoms with E-state index >= 15 is 0 Å². The van der Waals surface area contributed by atoms with Crippen molar-refractivity contribution in [1.29, 1.82) is 0 Å². The maximum absolute atomic E-state index is 14.4. The number of rotatable bonds is 17. The van der Waals surface area contributed by atoms with E-state index in [0.29, 0.717) is 12.2 Å². The van der Waals surface area contributed by atoms with Gasteiger partial charge in [0.2, 0.25) is 20.0 Å². The van der Waals surface area contributed by atoms with Crippen LogP contribution in [0.15, 0.2) is 54.6 Å². The third-order valence-corrected chi connectivity index (χ3v) is 8.45. The zero-order valence-corrected chi connectivity index (χ0v) is 27.0. The molecule has 0 aliphatic heterocycles. The highest BCUT2D eigenvalue weighted by molar-refractivity contribution is 7.54. The van der Waals surface area contributed by atoms with Gasteiger partial charge in [0.15, 0.2) is 0 Å². The lowest BCUT2D eigenvalue weighted by Crippen LogP contribution is -2.29. The molecular weight excluding hydrogens is 577 g/mol. The molecule has 12 heteroatoms. The number of ether oxygens (including phenoxy) is 3. The zero-order chi connectivity index (χ0) is 32.1. The Hall–Kier alpha value is -3.24. The average Bonchev–Trinajstić information content (AvgIpc) is 2.96. The van der Waals surface area contributed by atoms with E-state index in [9.17, 15) is 18.9 Å². The van der Waals surface area contributed by atoms with Crippen molar-refractivity contribution in [3.05, 3.63) is 65.7 Å². The molecule has 0 saturated carbocycles. The van der Waals surface area contributed by atoms with Crippen LogP contribution in [0.3, 0.4) is 0 Å². The highest BCUT2D eigenvalue weighted by atomic mass is 31.2. The van der Waals surface area contributed by atoms with E-state index in [0.717, 1.165) is 16.2 Å². The monoisotopic (exact) mass is 621 g/mol. The summed E-state index contributed by atoms with van der Waals surface area (Å²) in [4.78, 5) is 42.2. The molecule has 2 rings (SSSR count). The third-order valence-electron chi connectivity index (χ3n) is 6.19. The molecule has 238 valence electrons. The molecule has 0 fully saturated rings. The van der Waals surface area contributed by atoms with E-state index in [1.54, 1.807) is 72.9 Å². The second-order valence-electron chi connectivity index (χ2n) is 11.9. The number of hydrogen-bond donors (Lipinski definition) is 0. The minimum absolute atomic E-state index is 0.0391. The van der Waals surface area contributed by atoms with Crippen molar-refractivity contribution in [2.75, 3.05) is 27.2 Å². The molecule has 0 spiro atoms. The van der Waals surface area contributed by atoms with E-state index in [1.165, 1.54) is 0 Å². The molecule has 0 aromatic heterocycles. The van der Waals surface area contributed by atoms with Gasteiger partial charge in [-0.25, -0.2) is 5.06 Å². The highest BCUT2D eigenvalue weighted by Crippen LogP contribution is 2.55. The third kappa shape index (κ3) is 12.5. The van der Waals surface area contributed by atoms with Gasteiger partial charge in [-0.1, -0.05) is 42.5 Å². The molecule has 2 aromatic carbocycles. The van der Waals surface area contributed by atoms with Crippen molar-refractivity contribution in [3.8, 4) is 5.75 Å². The molecule has 1 unspecified atom stereocenters. The van der Waals surface area contributed by atoms with Gasteiger partial charge < -0.3 is 14.2 Å². The fourth-order valence-corrected chi connectivity index (χ4v) is 5.31. The smallest absolute Gasteiger partial charge is 0.339 e. The van der Waals surface area contributed by atoms with Crippen LogP contribution in [0, 0.1) is 10.8 Å². The quantitative estimate of drug-likeness (QED) is 0.0692. The lowest BCUT2D eigenvalue weighted by Gasteiger charge is -2.29. The molecule has 0 N–H and O–H groups in total. The molecular formula is C31H44NO10P. The van der Waals surface area contributed by atoms with Gasteiger partial charge in [0, 0.05) is 6.54 Å². The number of benzene rings is 2. The average molecular weight is 622 g/mol. The molecule has 11 nitrogen and oxygen atoms in total. The van der Waals surface area contributed by atoms with E-state index in [1.807, 2.05) is 30.3 Å². The Labute approximate surface area is 254 Å². The SMILES string of the molecule is COc1ccc(CC(CCN(C=O)OCc2ccccc2)P(=O)(OCOC(=O)C(C)(C)C)OCOC(=O)C(C)(C)C)cc1. The number of hydroxylamine groups is 2. The minimum atomic E-state index is -4.16. The summed E-state index contributed by atoms with van der Waals surface area (Å²) in [6.07, 6.45) is 0.834. The maximum atomic E-state index is 14.4. The Morgan fingerprint density at radius 3 is 1.84 bits per heavy atom. The highest BCUT2D eigenvalue weighted by Gasteiger charge is 2.38. The number of nitrogens with zero attached hydrogens (tertiary/aromatic N) is 1. The summed E-state index contributed by atoms with van der Waals surface area (Å²) < 4.78 is 41.4. The molecule has 0 aliphatic carbocycles. The van der Waals surface area contributed by atoms with Gasteiger partial charge in [-0.3, -0.25) is 32.8 Å². The van der Waals surface area contributed by atoms with Crippen molar-refractivity contribution in [2.24, 2.45) is 10.8 Å². The number of methoxy groups -OCH3 is 1. The van der Waals surface area contributed by atoms with Crippen LogP contribution in [0.5, 0.6) is 5.75 Å². The van der Waals surface area contributed by atoms with Crippen molar-refractivity contribution in [3.63, 3.8) is 0 Å². The minimum Gasteiger partial charge on any atom is -0.497 e. The Morgan fingerprint density at radius 1 is 0.837 bits per heavy atom. The lowest BCUT2D eigenvalue weighted by atomic mass is 9.98. The number of carbonyl (C=O) groups is 3. The van der Waals surface area contributed by atoms with Crippen LogP contribution in [0.25, 0.3) is 0 Å². The molecule has 43 heavy (non-hydrogen) atoms. The van der Waals surface area contributed by atoms with Crippen LogP contribution in [0.1, 0.15) is 59.1 Å². The van der Waals surface area contributed by atoms with E-state index in [2.05, 4.69) is 0 Å². The van der Waals surface area contributed by atoms with Gasteiger partial charge >= 0.3 is 19.5 Å². The first-order valence-electron chi connectivity index (χ1n) is 13.9. The van der Waals surface area contributed by atoms with Crippen LogP contribution < -0.4 is 4.74 Å². The topological polar surface area (TPSA) is 127 Å². The molecule has 0 heterocycles. The zero-order valence-electron chi connectivity index (χ0n) is 26.1. The molecule has 0 bridgehead atoms. The molecule has 1 amide bonds. The molecule has 0 aliphatic rings. The summed E-state index contributed by atoms with van der Waals surface area (Å²) in [6, 6.07) is 16.5. The van der Waals surface area contributed by atoms with Crippen molar-refractivity contribution in [1.82, 2.24) is 5.06 Å². The number of hydrogen-bond acceptors (Lipinski definition) is 10. The maximum Gasteiger partial charge on any atom is 0.339 e. The van der Waals surface area contributed by atoms with Crippen LogP contribution >= 0.6 is 7.60 Å². The molecule has 1 atom stereocenters. The first-order chi connectivity index (χ1) is 20.2. The number of carbonyl (C=O) groups excluding carboxylic acids is 3. The normalized spacial score (nSPS) is 12.7. The van der Waals surface area contributed by atoms with Crippen LogP contribution in [-0.4, -0.2) is 56.3 Å². The van der Waals surface area contributed by atoms with Crippen molar-refractivity contribution in [2.45, 2.75) is 66.6 Å². The van der Waals surface area contributed by atoms with Gasteiger partial charge in [0.1, 0.15) is 12.4 Å². The van der Waals surface area contributed by atoms with Crippen molar-refractivity contribution >= 4 is 25.9 Å². The predicted octanol–water partition coefficient (Wildman–Crippen LogP) is 5.91. The fraction of sp³-hybridized carbons (Fsp3) is 0.516. The van der Waals surface area contributed by atoms with Crippen LogP contribution in [-0.2, 0) is 55.3 Å². The summed E-state index contributed by atoms with van der Waals surface area (Å²) >= 11 is 0. The predicted molar refractivity (Wildman–Crippen MR) is 160 cm³/mol. The second-order valence-corrected chi connectivity index (χ2v) is 14.2. The van der Waals surface area contributed by atoms with E-state index in [-0.39, 0.29) is 26.0 Å². The van der Waals surface area contributed by atoms with Gasteiger partial charge in [-0.15, -0.1) is 0 Å². The summed E-state index contributed by atoms with van der Waals surface area (Å²) in [6.45, 7) is 8.93. The standard InChI is InChI=1S/C31H44NO10P/c1-30(2,3)28(34)38-22-41-43(36,42-23-39-29(35)31(4,5)6)27(19-24-13-15-26(37-7)16-14-24)17-18-32(21-33)40-20-25-11-9-8-10-12-25/h8-16,21,27H,17-20,22-23H2,1-7H3. The summed E-state index contributed by atoms with van der Waals surface area (Å²) in [5.41, 5.74) is -0.855. The van der Waals surface area contributed by atoms with Gasteiger partial charge in [-0.05, 0) is 77.6 Å². The Kier molecular flexibility index (Phi) is 13.9. The van der Waals surface area contributed by atoms with Gasteiger partial charge in [-0.2, -0.15) is 0 Å². The Balaban J connectivity index is 2.30. The Morgan fingerprint density at radius 2 is 1.37 bits per heavy atom. The number of amides is 1. The van der Waals surface area contributed by atoms with Gasteiger partial charge in [0.25, 0.3) is 0 Å². The largest absolute Gasteiger partial charge is 0.497 e. The molecule has 0 saturated heterocycles. The van der Waals surface area contributed by atoms with Gasteiger partial charge in [0.05, 0.1) is 23.6 Å². The van der Waals surface area contributed by atoms with Crippen LogP contribution in [0.4, 0.5) is 0 Å². The number of esters is 2. The van der Waals surface area contributed by atoms with Crippen LogP contribution in [0.2, 0.25) is 0 Å². The summed E-state index contributed by atoms with van der Waals surface area (Å²) in [7, 11) is -2.61. The molecule has 0 radical (unpaired) electrons.